The molecule has 3 aromatic rings. The molecule has 0 bridgehead atoms. The number of nitrogens with one attached hydrogen (secondary N) is 1. The van der Waals surface area contributed by atoms with Crippen molar-refractivity contribution in [3.05, 3.63) is 119 Å². The van der Waals surface area contributed by atoms with Gasteiger partial charge < -0.3 is 15.1 Å². The van der Waals surface area contributed by atoms with E-state index in [1.54, 1.807) is 24.3 Å². The first-order chi connectivity index (χ1) is 19.5. The number of allylic oxidation sites excluding steroid dienone is 2. The number of fused-ring (bicyclic) bond motifs is 2. The number of nitrogens with zero attached hydrogens (tertiary/aromatic N) is 3. The second kappa shape index (κ2) is 12.4. The third-order valence-corrected chi connectivity index (χ3v) is 7.63. The summed E-state index contributed by atoms with van der Waals surface area (Å²) in [6.07, 6.45) is 8.45. The molecule has 2 aliphatic rings. The van der Waals surface area contributed by atoms with Gasteiger partial charge in [-0.3, -0.25) is 4.79 Å². The van der Waals surface area contributed by atoms with Crippen molar-refractivity contribution in [2.24, 2.45) is 10.9 Å². The van der Waals surface area contributed by atoms with Crippen LogP contribution in [0.1, 0.15) is 35.3 Å². The monoisotopic (exact) mass is 540 g/mol. The lowest BCUT2D eigenvalue weighted by Gasteiger charge is -2.37. The van der Waals surface area contributed by atoms with Crippen LogP contribution in [0.15, 0.2) is 96.0 Å². The number of benzene rings is 3. The molecule has 3 aromatic carbocycles. The van der Waals surface area contributed by atoms with E-state index >= 15 is 0 Å². The molecular weight excluding hydrogens is 506 g/mol. The van der Waals surface area contributed by atoms with Crippen LogP contribution in [0, 0.1) is 17.6 Å². The number of anilines is 1. The first-order valence-corrected chi connectivity index (χ1v) is 13.8. The Kier molecular flexibility index (Phi) is 8.51. The van der Waals surface area contributed by atoms with Gasteiger partial charge in [-0.15, -0.1) is 0 Å². The van der Waals surface area contributed by atoms with Crippen LogP contribution in [0.2, 0.25) is 0 Å². The average molecular weight is 541 g/mol. The quantitative estimate of drug-likeness (QED) is 0.347. The first-order valence-electron chi connectivity index (χ1n) is 13.8. The number of hydrogen-bond donors (Lipinski definition) is 1. The molecule has 1 aliphatic heterocycles. The Bertz CT molecular complexity index is 1430. The summed E-state index contributed by atoms with van der Waals surface area (Å²) < 4.78 is 27.1. The van der Waals surface area contributed by atoms with Crippen LogP contribution in [0.25, 0.3) is 0 Å². The molecule has 0 spiro atoms. The van der Waals surface area contributed by atoms with Gasteiger partial charge in [-0.05, 0) is 66.7 Å². The van der Waals surface area contributed by atoms with Crippen molar-refractivity contribution < 1.29 is 13.6 Å². The van der Waals surface area contributed by atoms with E-state index in [2.05, 4.69) is 47.2 Å². The summed E-state index contributed by atoms with van der Waals surface area (Å²) in [4.78, 5) is 23.1. The molecule has 1 heterocycles. The van der Waals surface area contributed by atoms with Gasteiger partial charge in [0, 0.05) is 31.1 Å². The van der Waals surface area contributed by atoms with E-state index in [1.807, 2.05) is 24.3 Å². The summed E-state index contributed by atoms with van der Waals surface area (Å²) >= 11 is 0. The Hall–Kier alpha value is -4.10. The standard InChI is InChI=1S/C33H34F2N4O/c1-3-38(4-2)19-20-39-30-8-6-5-7-28(30)32(24-11-16-27(35)17-12-24)37-29-21-25(13-18-31(29)39)33(40)36-22-23-9-14-26(34)15-10-23/h5-18,21,28,30H,3-4,19-20,22H2,1-2H3,(H,36,40). The van der Waals surface area contributed by atoms with Crippen molar-refractivity contribution in [3.8, 4) is 0 Å². The second-order valence-electron chi connectivity index (χ2n) is 10.0. The highest BCUT2D eigenvalue weighted by Gasteiger charge is 2.34. The molecule has 0 saturated carbocycles. The zero-order valence-corrected chi connectivity index (χ0v) is 22.9. The number of amides is 1. The largest absolute Gasteiger partial charge is 0.361 e. The maximum Gasteiger partial charge on any atom is 0.251 e. The van der Waals surface area contributed by atoms with Crippen molar-refractivity contribution in [1.29, 1.82) is 0 Å². The van der Waals surface area contributed by atoms with Gasteiger partial charge in [-0.2, -0.15) is 0 Å². The smallest absolute Gasteiger partial charge is 0.251 e. The Labute approximate surface area is 234 Å². The van der Waals surface area contributed by atoms with Gasteiger partial charge in [0.15, 0.2) is 0 Å². The van der Waals surface area contributed by atoms with E-state index in [0.717, 1.165) is 48.7 Å². The predicted molar refractivity (Wildman–Crippen MR) is 157 cm³/mol. The minimum absolute atomic E-state index is 0.0174. The number of carbonyl (C=O) groups is 1. The zero-order valence-electron chi connectivity index (χ0n) is 22.9. The van der Waals surface area contributed by atoms with Crippen molar-refractivity contribution in [3.63, 3.8) is 0 Å². The Morgan fingerprint density at radius 2 is 1.60 bits per heavy atom. The molecule has 0 saturated heterocycles. The molecule has 1 aliphatic carbocycles. The van der Waals surface area contributed by atoms with Gasteiger partial charge in [0.2, 0.25) is 0 Å². The highest BCUT2D eigenvalue weighted by atomic mass is 19.1. The Morgan fingerprint density at radius 3 is 2.30 bits per heavy atom. The molecule has 2 unspecified atom stereocenters. The number of halogens is 2. The molecule has 5 rings (SSSR count). The van der Waals surface area contributed by atoms with Crippen molar-refractivity contribution in [2.45, 2.75) is 26.4 Å². The summed E-state index contributed by atoms with van der Waals surface area (Å²) in [6, 6.07) is 18.2. The number of hydrogen-bond acceptors (Lipinski definition) is 4. The van der Waals surface area contributed by atoms with Crippen LogP contribution >= 0.6 is 0 Å². The van der Waals surface area contributed by atoms with E-state index in [1.165, 1.54) is 24.3 Å². The summed E-state index contributed by atoms with van der Waals surface area (Å²) in [5.41, 5.74) is 4.63. The fraction of sp³-hybridized carbons (Fsp3) is 0.273. The highest BCUT2D eigenvalue weighted by Crippen LogP contribution is 2.39. The van der Waals surface area contributed by atoms with E-state index in [9.17, 15) is 13.6 Å². The molecule has 0 fully saturated rings. The molecule has 1 amide bonds. The number of aliphatic imine (C=N–C) groups is 1. The van der Waals surface area contributed by atoms with Crippen molar-refractivity contribution >= 4 is 23.0 Å². The van der Waals surface area contributed by atoms with Gasteiger partial charge in [-0.25, -0.2) is 13.8 Å². The SMILES string of the molecule is CCN(CC)CCN1c2ccc(C(=O)NCc3ccc(F)cc3)cc2N=C(c2ccc(F)cc2)C2C=CC=CC21. The van der Waals surface area contributed by atoms with Crippen LogP contribution in [0.3, 0.4) is 0 Å². The summed E-state index contributed by atoms with van der Waals surface area (Å²) in [7, 11) is 0. The van der Waals surface area contributed by atoms with Gasteiger partial charge in [0.05, 0.1) is 23.1 Å². The van der Waals surface area contributed by atoms with E-state index in [0.29, 0.717) is 11.3 Å². The molecular formula is C33H34F2N4O. The topological polar surface area (TPSA) is 47.9 Å². The highest BCUT2D eigenvalue weighted by molar-refractivity contribution is 6.07. The maximum atomic E-state index is 13.8. The first kappa shape index (κ1) is 27.5. The summed E-state index contributed by atoms with van der Waals surface area (Å²) in [5.74, 6) is -0.890. The van der Waals surface area contributed by atoms with Crippen LogP contribution in [0.5, 0.6) is 0 Å². The summed E-state index contributed by atoms with van der Waals surface area (Å²) in [5, 5.41) is 2.93. The van der Waals surface area contributed by atoms with Crippen LogP contribution in [0.4, 0.5) is 20.2 Å². The second-order valence-corrected chi connectivity index (χ2v) is 10.0. The van der Waals surface area contributed by atoms with Crippen molar-refractivity contribution in [1.82, 2.24) is 10.2 Å². The van der Waals surface area contributed by atoms with Gasteiger partial charge >= 0.3 is 0 Å². The summed E-state index contributed by atoms with van der Waals surface area (Å²) in [6.45, 7) is 8.22. The molecule has 206 valence electrons. The average Bonchev–Trinajstić information content (AvgIpc) is 3.12. The lowest BCUT2D eigenvalue weighted by Crippen LogP contribution is -2.45. The third-order valence-electron chi connectivity index (χ3n) is 7.63. The molecule has 2 atom stereocenters. The molecule has 0 aromatic heterocycles. The lowest BCUT2D eigenvalue weighted by molar-refractivity contribution is 0.0951. The minimum Gasteiger partial charge on any atom is -0.361 e. The van der Waals surface area contributed by atoms with E-state index in [4.69, 9.17) is 4.99 Å². The fourth-order valence-electron chi connectivity index (χ4n) is 5.33. The molecule has 5 nitrogen and oxygen atoms in total. The predicted octanol–water partition coefficient (Wildman–Crippen LogP) is 6.29. The normalized spacial score (nSPS) is 17.7. The Balaban J connectivity index is 1.52. The zero-order chi connectivity index (χ0) is 28.1. The van der Waals surface area contributed by atoms with Crippen LogP contribution < -0.4 is 10.2 Å². The van der Waals surface area contributed by atoms with Gasteiger partial charge in [0.1, 0.15) is 11.6 Å². The maximum absolute atomic E-state index is 13.8. The number of rotatable bonds is 9. The lowest BCUT2D eigenvalue weighted by atomic mass is 9.86. The molecule has 40 heavy (non-hydrogen) atoms. The molecule has 1 N–H and O–H groups in total. The minimum atomic E-state index is -0.313. The Morgan fingerprint density at radius 1 is 0.925 bits per heavy atom. The van der Waals surface area contributed by atoms with Gasteiger partial charge in [-0.1, -0.05) is 62.4 Å². The van der Waals surface area contributed by atoms with Crippen LogP contribution in [-0.4, -0.2) is 48.7 Å². The van der Waals surface area contributed by atoms with Crippen LogP contribution in [-0.2, 0) is 6.54 Å². The van der Waals surface area contributed by atoms with Gasteiger partial charge in [0.25, 0.3) is 5.91 Å². The number of carbonyl (C=O) groups excluding carboxylic acids is 1. The molecule has 7 heteroatoms. The fourth-order valence-corrected chi connectivity index (χ4v) is 5.33. The molecule has 0 radical (unpaired) electrons. The van der Waals surface area contributed by atoms with Crippen molar-refractivity contribution in [2.75, 3.05) is 31.1 Å². The number of likely N-dealkylation sites (N-methyl/N-ethyl adjacent to an activating group) is 1. The van der Waals surface area contributed by atoms with E-state index < -0.39 is 0 Å². The third kappa shape index (κ3) is 6.05. The van der Waals surface area contributed by atoms with E-state index in [-0.39, 0.29) is 36.0 Å².